The van der Waals surface area contributed by atoms with Gasteiger partial charge in [0.2, 0.25) is 0 Å². The molecule has 0 aliphatic carbocycles. The molecule has 0 radical (unpaired) electrons. The molecule has 1 aliphatic heterocycles. The molecule has 5 aromatic rings. The maximum atomic E-state index is 13.3. The number of amides is 2. The zero-order chi connectivity index (χ0) is 27.1. The van der Waals surface area contributed by atoms with Crippen molar-refractivity contribution in [1.29, 1.82) is 5.26 Å². The molecule has 6 rings (SSSR count). The number of rotatable bonds is 5. The first-order chi connectivity index (χ1) is 18.9. The molecule has 1 unspecified atom stereocenters. The Bertz CT molecular complexity index is 1770. The normalized spacial score (nSPS) is 13.9. The number of fused-ring (bicyclic) bond motifs is 1. The summed E-state index contributed by atoms with van der Waals surface area (Å²) < 4.78 is 18.0. The van der Waals surface area contributed by atoms with Gasteiger partial charge in [-0.3, -0.25) is 4.68 Å². The SMILES string of the molecule is CC(NC(=O)N1CC=C(c2cc(-c3cnn(C)c3)cn3ncc(C#N)c23)C1)c1ccc(-n2cc(F)cn2)nc1. The number of carbonyl (C=O) groups excluding carboxylic acids is 1. The van der Waals surface area contributed by atoms with E-state index in [1.165, 1.54) is 10.9 Å². The molecular weight excluding hydrogens is 499 g/mol. The minimum atomic E-state index is -0.443. The Morgan fingerprint density at radius 2 is 1.97 bits per heavy atom. The third kappa shape index (κ3) is 4.50. The van der Waals surface area contributed by atoms with Crippen LogP contribution in [-0.2, 0) is 7.05 Å². The molecule has 6 heterocycles. The molecule has 39 heavy (non-hydrogen) atoms. The van der Waals surface area contributed by atoms with E-state index < -0.39 is 5.82 Å². The number of carbonyl (C=O) groups is 1. The molecule has 0 aromatic carbocycles. The second-order valence-electron chi connectivity index (χ2n) is 9.34. The lowest BCUT2D eigenvalue weighted by Gasteiger charge is -2.21. The highest BCUT2D eigenvalue weighted by Crippen LogP contribution is 2.31. The van der Waals surface area contributed by atoms with Crippen molar-refractivity contribution in [3.05, 3.63) is 90.2 Å². The quantitative estimate of drug-likeness (QED) is 0.377. The number of aromatic nitrogens is 7. The summed E-state index contributed by atoms with van der Waals surface area (Å²) in [6, 6.07) is 7.25. The summed E-state index contributed by atoms with van der Waals surface area (Å²) in [5, 5.41) is 25.3. The van der Waals surface area contributed by atoms with Gasteiger partial charge in [0.15, 0.2) is 11.6 Å². The summed E-state index contributed by atoms with van der Waals surface area (Å²) in [5.74, 6) is 0.0349. The third-order valence-corrected chi connectivity index (χ3v) is 6.72. The van der Waals surface area contributed by atoms with E-state index in [9.17, 15) is 14.4 Å². The van der Waals surface area contributed by atoms with Crippen LogP contribution in [0.4, 0.5) is 9.18 Å². The van der Waals surface area contributed by atoms with Crippen LogP contribution in [0.1, 0.15) is 29.7 Å². The first-order valence-corrected chi connectivity index (χ1v) is 12.2. The van der Waals surface area contributed by atoms with Crippen molar-refractivity contribution in [3.8, 4) is 23.0 Å². The topological polar surface area (TPSA) is 122 Å². The average Bonchev–Trinajstić information content (AvgIpc) is 3.75. The van der Waals surface area contributed by atoms with Gasteiger partial charge in [-0.05, 0) is 30.2 Å². The lowest BCUT2D eigenvalue weighted by molar-refractivity contribution is 0.208. The van der Waals surface area contributed by atoms with Gasteiger partial charge in [-0.2, -0.15) is 20.6 Å². The fourth-order valence-electron chi connectivity index (χ4n) is 4.66. The summed E-state index contributed by atoms with van der Waals surface area (Å²) in [6.45, 7) is 2.68. The predicted octanol–water partition coefficient (Wildman–Crippen LogP) is 3.50. The van der Waals surface area contributed by atoms with Crippen LogP contribution in [0, 0.1) is 17.1 Å². The minimum Gasteiger partial charge on any atom is -0.331 e. The molecular formula is C27H23FN10O. The van der Waals surface area contributed by atoms with E-state index in [4.69, 9.17) is 0 Å². The second-order valence-corrected chi connectivity index (χ2v) is 9.34. The largest absolute Gasteiger partial charge is 0.331 e. The maximum absolute atomic E-state index is 13.3. The van der Waals surface area contributed by atoms with E-state index in [1.54, 1.807) is 38.8 Å². The number of pyridine rings is 2. The van der Waals surface area contributed by atoms with Crippen molar-refractivity contribution in [2.24, 2.45) is 7.05 Å². The molecule has 1 atom stereocenters. The van der Waals surface area contributed by atoms with Crippen molar-refractivity contribution in [2.45, 2.75) is 13.0 Å². The lowest BCUT2D eigenvalue weighted by Crippen LogP contribution is -2.39. The Labute approximate surface area is 222 Å². The van der Waals surface area contributed by atoms with Crippen molar-refractivity contribution in [3.63, 3.8) is 0 Å². The van der Waals surface area contributed by atoms with Crippen LogP contribution >= 0.6 is 0 Å². The van der Waals surface area contributed by atoms with E-state index in [2.05, 4.69) is 31.7 Å². The van der Waals surface area contributed by atoms with E-state index in [1.807, 2.05) is 44.6 Å². The number of halogens is 1. The maximum Gasteiger partial charge on any atom is 0.318 e. The number of nitrogens with one attached hydrogen (secondary N) is 1. The first-order valence-electron chi connectivity index (χ1n) is 12.2. The van der Waals surface area contributed by atoms with Crippen LogP contribution in [0.15, 0.2) is 67.7 Å². The Morgan fingerprint density at radius 1 is 1.10 bits per heavy atom. The molecule has 0 saturated carbocycles. The second kappa shape index (κ2) is 9.53. The highest BCUT2D eigenvalue weighted by molar-refractivity contribution is 5.89. The number of aryl methyl sites for hydroxylation is 1. The molecule has 0 saturated heterocycles. The molecule has 1 N–H and O–H groups in total. The van der Waals surface area contributed by atoms with Gasteiger partial charge >= 0.3 is 6.03 Å². The smallest absolute Gasteiger partial charge is 0.318 e. The molecule has 5 aromatic heterocycles. The van der Waals surface area contributed by atoms with Crippen LogP contribution in [0.5, 0.6) is 0 Å². The predicted molar refractivity (Wildman–Crippen MR) is 140 cm³/mol. The van der Waals surface area contributed by atoms with Crippen molar-refractivity contribution < 1.29 is 9.18 Å². The van der Waals surface area contributed by atoms with E-state index in [0.29, 0.717) is 30.0 Å². The Balaban J connectivity index is 1.19. The molecule has 1 aliphatic rings. The summed E-state index contributed by atoms with van der Waals surface area (Å²) in [5.41, 5.74) is 5.59. The highest BCUT2D eigenvalue weighted by Gasteiger charge is 2.25. The molecule has 0 spiro atoms. The fourth-order valence-corrected chi connectivity index (χ4v) is 4.66. The number of hydrogen-bond acceptors (Lipinski definition) is 6. The van der Waals surface area contributed by atoms with Gasteiger partial charge in [0.05, 0.1) is 41.9 Å². The zero-order valence-corrected chi connectivity index (χ0v) is 21.2. The Hall–Kier alpha value is -5.31. The third-order valence-electron chi connectivity index (χ3n) is 6.72. The lowest BCUT2D eigenvalue weighted by atomic mass is 10.0. The van der Waals surface area contributed by atoms with Gasteiger partial charge in [0.25, 0.3) is 0 Å². The van der Waals surface area contributed by atoms with Gasteiger partial charge in [-0.15, -0.1) is 0 Å². The van der Waals surface area contributed by atoms with Crippen LogP contribution < -0.4 is 5.32 Å². The van der Waals surface area contributed by atoms with E-state index >= 15 is 0 Å². The van der Waals surface area contributed by atoms with Crippen LogP contribution in [0.2, 0.25) is 0 Å². The fraction of sp³-hybridized carbons (Fsp3) is 0.185. The highest BCUT2D eigenvalue weighted by atomic mass is 19.1. The molecule has 194 valence electrons. The molecule has 2 amide bonds. The monoisotopic (exact) mass is 522 g/mol. The first kappa shape index (κ1) is 24.1. The number of urea groups is 1. The molecule has 0 bridgehead atoms. The number of nitriles is 1. The number of nitrogens with zero attached hydrogens (tertiary/aromatic N) is 9. The molecule has 0 fully saturated rings. The zero-order valence-electron chi connectivity index (χ0n) is 21.2. The van der Waals surface area contributed by atoms with E-state index in [0.717, 1.165) is 34.0 Å². The van der Waals surface area contributed by atoms with Gasteiger partial charge < -0.3 is 10.2 Å². The van der Waals surface area contributed by atoms with Crippen molar-refractivity contribution in [2.75, 3.05) is 13.1 Å². The number of hydrogen-bond donors (Lipinski definition) is 1. The van der Waals surface area contributed by atoms with Crippen LogP contribution in [0.25, 0.3) is 28.0 Å². The molecule has 12 heteroatoms. The minimum absolute atomic E-state index is 0.222. The average molecular weight is 523 g/mol. The van der Waals surface area contributed by atoms with Gasteiger partial charge in [0, 0.05) is 55.4 Å². The van der Waals surface area contributed by atoms with Crippen molar-refractivity contribution in [1.82, 2.24) is 44.4 Å². The standard InChI is InChI=1S/C27H23FN10O/c1-17(18-3-4-25(30-9-18)37-16-23(28)12-33-37)34-27(39)36-6-5-19(14-36)24-7-20(22-11-31-35(2)13-22)15-38-26(24)21(8-29)10-32-38/h3-5,7,9-13,15-17H,6,14H2,1-2H3,(H,34,39). The summed E-state index contributed by atoms with van der Waals surface area (Å²) in [4.78, 5) is 19.2. The summed E-state index contributed by atoms with van der Waals surface area (Å²) >= 11 is 0. The Morgan fingerprint density at radius 3 is 2.67 bits per heavy atom. The van der Waals surface area contributed by atoms with Crippen LogP contribution in [-0.4, -0.2) is 58.2 Å². The van der Waals surface area contributed by atoms with E-state index in [-0.39, 0.29) is 12.1 Å². The summed E-state index contributed by atoms with van der Waals surface area (Å²) in [6.07, 6.45) is 13.1. The Kier molecular flexibility index (Phi) is 5.88. The summed E-state index contributed by atoms with van der Waals surface area (Å²) in [7, 11) is 1.85. The van der Waals surface area contributed by atoms with Gasteiger partial charge in [-0.1, -0.05) is 12.1 Å². The van der Waals surface area contributed by atoms with Crippen LogP contribution in [0.3, 0.4) is 0 Å². The van der Waals surface area contributed by atoms with Crippen molar-refractivity contribution >= 4 is 17.1 Å². The molecule has 11 nitrogen and oxygen atoms in total. The van der Waals surface area contributed by atoms with Gasteiger partial charge in [-0.25, -0.2) is 23.4 Å². The van der Waals surface area contributed by atoms with Gasteiger partial charge in [0.1, 0.15) is 6.07 Å².